The number of amides is 1. The van der Waals surface area contributed by atoms with Gasteiger partial charge in [-0.15, -0.1) is 0 Å². The SMILES string of the molecule is COc1ccc(OC)c(S(=O)(=O)N2CCN(C(=O)c3ccc(C)o3)CC2)c1. The van der Waals surface area contributed by atoms with Gasteiger partial charge in [0, 0.05) is 32.2 Å². The third kappa shape index (κ3) is 3.79. The maximum absolute atomic E-state index is 13.1. The molecule has 0 N–H and O–H groups in total. The lowest BCUT2D eigenvalue weighted by Gasteiger charge is -2.33. The lowest BCUT2D eigenvalue weighted by molar-refractivity contribution is 0.0664. The normalized spacial score (nSPS) is 15.6. The summed E-state index contributed by atoms with van der Waals surface area (Å²) in [5, 5.41) is 0. The zero-order valence-electron chi connectivity index (χ0n) is 15.5. The lowest BCUT2D eigenvalue weighted by atomic mass is 10.3. The first-order chi connectivity index (χ1) is 12.9. The lowest BCUT2D eigenvalue weighted by Crippen LogP contribution is -2.50. The Hall–Kier alpha value is -2.52. The summed E-state index contributed by atoms with van der Waals surface area (Å²) in [6.07, 6.45) is 0. The third-order valence-corrected chi connectivity index (χ3v) is 6.39. The van der Waals surface area contributed by atoms with E-state index in [1.807, 2.05) is 0 Å². The summed E-state index contributed by atoms with van der Waals surface area (Å²) >= 11 is 0. The van der Waals surface area contributed by atoms with Crippen LogP contribution in [-0.4, -0.2) is 63.9 Å². The molecule has 1 fully saturated rings. The molecule has 1 aromatic carbocycles. The smallest absolute Gasteiger partial charge is 0.289 e. The van der Waals surface area contributed by atoms with Crippen LogP contribution in [0.5, 0.6) is 11.5 Å². The highest BCUT2D eigenvalue weighted by Crippen LogP contribution is 2.31. The molecule has 1 saturated heterocycles. The number of methoxy groups -OCH3 is 2. The molecular formula is C18H22N2O6S. The Kier molecular flexibility index (Phi) is 5.43. The Morgan fingerprint density at radius 3 is 2.30 bits per heavy atom. The summed E-state index contributed by atoms with van der Waals surface area (Å²) in [5.74, 6) is 1.36. The van der Waals surface area contributed by atoms with Crippen LogP contribution < -0.4 is 9.47 Å². The van der Waals surface area contributed by atoms with Crippen LogP contribution in [0.1, 0.15) is 16.3 Å². The Labute approximate surface area is 158 Å². The minimum absolute atomic E-state index is 0.0470. The van der Waals surface area contributed by atoms with Gasteiger partial charge in [0.2, 0.25) is 10.0 Å². The molecule has 2 aromatic rings. The fourth-order valence-corrected chi connectivity index (χ4v) is 4.55. The molecule has 27 heavy (non-hydrogen) atoms. The summed E-state index contributed by atoms with van der Waals surface area (Å²) in [7, 11) is -0.889. The van der Waals surface area contributed by atoms with Crippen LogP contribution in [0, 0.1) is 6.92 Å². The number of ether oxygens (including phenoxy) is 2. The van der Waals surface area contributed by atoms with Gasteiger partial charge in [-0.3, -0.25) is 4.79 Å². The molecule has 2 heterocycles. The van der Waals surface area contributed by atoms with Crippen molar-refractivity contribution in [2.75, 3.05) is 40.4 Å². The largest absolute Gasteiger partial charge is 0.497 e. The summed E-state index contributed by atoms with van der Waals surface area (Å²) < 4.78 is 43.2. The van der Waals surface area contributed by atoms with Gasteiger partial charge in [0.05, 0.1) is 14.2 Å². The maximum atomic E-state index is 13.1. The number of hydrogen-bond acceptors (Lipinski definition) is 6. The van der Waals surface area contributed by atoms with E-state index in [-0.39, 0.29) is 48.5 Å². The van der Waals surface area contributed by atoms with Gasteiger partial charge in [-0.2, -0.15) is 4.31 Å². The molecule has 0 atom stereocenters. The van der Waals surface area contributed by atoms with Crippen LogP contribution in [0.25, 0.3) is 0 Å². The van der Waals surface area contributed by atoms with Crippen molar-refractivity contribution < 1.29 is 27.1 Å². The molecule has 1 aromatic heterocycles. The van der Waals surface area contributed by atoms with Crippen LogP contribution in [0.4, 0.5) is 0 Å². The molecule has 0 saturated carbocycles. The molecule has 0 bridgehead atoms. The van der Waals surface area contributed by atoms with Crippen molar-refractivity contribution >= 4 is 15.9 Å². The van der Waals surface area contributed by atoms with E-state index in [1.54, 1.807) is 36.1 Å². The molecule has 0 unspecified atom stereocenters. The molecule has 1 aliphatic rings. The monoisotopic (exact) mass is 394 g/mol. The minimum Gasteiger partial charge on any atom is -0.497 e. The molecule has 8 nitrogen and oxygen atoms in total. The zero-order chi connectivity index (χ0) is 19.6. The molecular weight excluding hydrogens is 372 g/mol. The van der Waals surface area contributed by atoms with E-state index in [1.165, 1.54) is 24.6 Å². The number of furan rings is 1. The Bertz CT molecular complexity index is 929. The van der Waals surface area contributed by atoms with Gasteiger partial charge < -0.3 is 18.8 Å². The molecule has 1 aliphatic heterocycles. The van der Waals surface area contributed by atoms with Gasteiger partial charge in [0.1, 0.15) is 22.2 Å². The highest BCUT2D eigenvalue weighted by atomic mass is 32.2. The van der Waals surface area contributed by atoms with Crippen LogP contribution in [0.3, 0.4) is 0 Å². The van der Waals surface area contributed by atoms with E-state index < -0.39 is 10.0 Å². The Balaban J connectivity index is 1.76. The molecule has 9 heteroatoms. The van der Waals surface area contributed by atoms with Crippen molar-refractivity contribution in [2.24, 2.45) is 0 Å². The van der Waals surface area contributed by atoms with E-state index in [9.17, 15) is 13.2 Å². The first-order valence-electron chi connectivity index (χ1n) is 8.44. The van der Waals surface area contributed by atoms with Crippen LogP contribution >= 0.6 is 0 Å². The van der Waals surface area contributed by atoms with Gasteiger partial charge in [-0.1, -0.05) is 0 Å². The van der Waals surface area contributed by atoms with Crippen molar-refractivity contribution in [3.8, 4) is 11.5 Å². The Morgan fingerprint density at radius 2 is 1.74 bits per heavy atom. The van der Waals surface area contributed by atoms with Crippen molar-refractivity contribution in [3.05, 3.63) is 41.9 Å². The molecule has 3 rings (SSSR count). The molecule has 146 valence electrons. The van der Waals surface area contributed by atoms with E-state index in [2.05, 4.69) is 0 Å². The predicted octanol–water partition coefficient (Wildman–Crippen LogP) is 1.75. The Morgan fingerprint density at radius 1 is 1.04 bits per heavy atom. The molecule has 0 spiro atoms. The fraction of sp³-hybridized carbons (Fsp3) is 0.389. The number of benzene rings is 1. The fourth-order valence-electron chi connectivity index (χ4n) is 2.96. The number of sulfonamides is 1. The highest BCUT2D eigenvalue weighted by molar-refractivity contribution is 7.89. The number of hydrogen-bond donors (Lipinski definition) is 0. The second-order valence-corrected chi connectivity index (χ2v) is 8.03. The van der Waals surface area contributed by atoms with Crippen molar-refractivity contribution in [3.63, 3.8) is 0 Å². The highest BCUT2D eigenvalue weighted by Gasteiger charge is 2.33. The van der Waals surface area contributed by atoms with E-state index in [4.69, 9.17) is 13.9 Å². The summed E-state index contributed by atoms with van der Waals surface area (Å²) in [4.78, 5) is 14.1. The number of nitrogens with zero attached hydrogens (tertiary/aromatic N) is 2. The number of rotatable bonds is 5. The van der Waals surface area contributed by atoms with Gasteiger partial charge >= 0.3 is 0 Å². The van der Waals surface area contributed by atoms with E-state index >= 15 is 0 Å². The average molecular weight is 394 g/mol. The van der Waals surface area contributed by atoms with Crippen LogP contribution in [0.15, 0.2) is 39.6 Å². The second kappa shape index (κ2) is 7.61. The van der Waals surface area contributed by atoms with E-state index in [0.717, 1.165) is 0 Å². The quantitative estimate of drug-likeness (QED) is 0.768. The number of piperazine rings is 1. The number of aryl methyl sites for hydroxylation is 1. The number of carbonyl (C=O) groups excluding carboxylic acids is 1. The van der Waals surface area contributed by atoms with E-state index in [0.29, 0.717) is 11.5 Å². The average Bonchev–Trinajstić information content (AvgIpc) is 3.13. The van der Waals surface area contributed by atoms with Crippen molar-refractivity contribution in [2.45, 2.75) is 11.8 Å². The third-order valence-electron chi connectivity index (χ3n) is 4.47. The van der Waals surface area contributed by atoms with Crippen molar-refractivity contribution in [1.29, 1.82) is 0 Å². The zero-order valence-corrected chi connectivity index (χ0v) is 16.3. The topological polar surface area (TPSA) is 89.3 Å². The molecule has 1 amide bonds. The summed E-state index contributed by atoms with van der Waals surface area (Å²) in [5.41, 5.74) is 0. The van der Waals surface area contributed by atoms with Crippen molar-refractivity contribution in [1.82, 2.24) is 9.21 Å². The summed E-state index contributed by atoms with van der Waals surface area (Å²) in [6.45, 7) is 2.71. The van der Waals surface area contributed by atoms with Gasteiger partial charge in [-0.05, 0) is 31.2 Å². The predicted molar refractivity (Wildman–Crippen MR) is 97.7 cm³/mol. The van der Waals surface area contributed by atoms with Gasteiger partial charge in [0.25, 0.3) is 5.91 Å². The molecule has 0 radical (unpaired) electrons. The summed E-state index contributed by atoms with van der Waals surface area (Å²) in [6, 6.07) is 7.99. The van der Waals surface area contributed by atoms with Gasteiger partial charge in [0.15, 0.2) is 5.76 Å². The minimum atomic E-state index is -3.78. The van der Waals surface area contributed by atoms with Crippen LogP contribution in [0.2, 0.25) is 0 Å². The second-order valence-electron chi connectivity index (χ2n) is 6.12. The van der Waals surface area contributed by atoms with Gasteiger partial charge in [-0.25, -0.2) is 8.42 Å². The number of carbonyl (C=O) groups is 1. The first kappa shape index (κ1) is 19.2. The first-order valence-corrected chi connectivity index (χ1v) is 9.88. The van der Waals surface area contributed by atoms with Crippen LogP contribution in [-0.2, 0) is 10.0 Å². The standard InChI is InChI=1S/C18H22N2O6S/c1-13-4-6-16(26-13)18(21)19-8-10-20(11-9-19)27(22,23)17-12-14(24-2)5-7-15(17)25-3/h4-7,12H,8-11H2,1-3H3. The maximum Gasteiger partial charge on any atom is 0.289 e. The molecule has 0 aliphatic carbocycles.